The van der Waals surface area contributed by atoms with Crippen LogP contribution in [0, 0.1) is 15.9 Å². The van der Waals surface area contributed by atoms with Crippen molar-refractivity contribution in [3.05, 3.63) is 100 Å². The molecule has 1 fully saturated rings. The first kappa shape index (κ1) is 30.6. The summed E-state index contributed by atoms with van der Waals surface area (Å²) in [4.78, 5) is 39.3. The third-order valence-electron chi connectivity index (χ3n) is 7.31. The first-order valence-corrected chi connectivity index (χ1v) is 15.2. The van der Waals surface area contributed by atoms with Crippen LogP contribution in [-0.2, 0) is 26.2 Å². The molecule has 0 heterocycles. The smallest absolute Gasteiger partial charge is 0.269 e. The molecule has 0 unspecified atom stereocenters. The lowest BCUT2D eigenvalue weighted by Gasteiger charge is -2.33. The van der Waals surface area contributed by atoms with Gasteiger partial charge in [0.05, 0.1) is 15.5 Å². The van der Waals surface area contributed by atoms with Gasteiger partial charge in [-0.15, -0.1) is 0 Å². The number of rotatable bonds is 12. The van der Waals surface area contributed by atoms with Crippen molar-refractivity contribution in [3.8, 4) is 0 Å². The largest absolute Gasteiger partial charge is 0.352 e. The minimum Gasteiger partial charge on any atom is -0.352 e. The number of hydrogen-bond acceptors (Lipinski definition) is 6. The molecule has 0 saturated heterocycles. The zero-order chi connectivity index (χ0) is 30.3. The Hall–Kier alpha value is -4.32. The zero-order valence-corrected chi connectivity index (χ0v) is 24.0. The highest BCUT2D eigenvalue weighted by Gasteiger charge is 2.34. The van der Waals surface area contributed by atoms with Crippen LogP contribution in [-0.4, -0.2) is 48.7 Å². The van der Waals surface area contributed by atoms with Gasteiger partial charge in [0.2, 0.25) is 11.8 Å². The first-order valence-electron chi connectivity index (χ1n) is 13.8. The molecule has 0 aliphatic heterocycles. The van der Waals surface area contributed by atoms with E-state index in [1.165, 1.54) is 53.4 Å². The molecule has 1 N–H and O–H groups in total. The number of benzene rings is 3. The number of nitro groups is 1. The molecule has 1 saturated carbocycles. The Bertz CT molecular complexity index is 1500. The minimum atomic E-state index is -4.30. The summed E-state index contributed by atoms with van der Waals surface area (Å²) in [7, 11) is -4.30. The van der Waals surface area contributed by atoms with Crippen molar-refractivity contribution in [3.63, 3.8) is 0 Å². The van der Waals surface area contributed by atoms with Crippen LogP contribution < -0.4 is 9.62 Å². The molecule has 3 aromatic rings. The molecule has 2 amide bonds. The summed E-state index contributed by atoms with van der Waals surface area (Å²) in [6.07, 6.45) is 3.95. The lowest BCUT2D eigenvalue weighted by molar-refractivity contribution is -0.384. The number of carbonyl (C=O) groups is 2. The number of nitrogens with one attached hydrogen (secondary N) is 1. The Kier molecular flexibility index (Phi) is 9.89. The minimum absolute atomic E-state index is 0.00406. The number of carbonyl (C=O) groups excluding carboxylic acids is 2. The van der Waals surface area contributed by atoms with Crippen molar-refractivity contribution in [2.75, 3.05) is 10.8 Å². The SMILES string of the molecule is CC[C@@H](C(=O)NC1CCCC1)N(Cc1ccc(F)cc1)C(=O)CN(c1ccc([N+](=O)[O-])cc1)S(=O)(=O)c1ccccc1. The third-order valence-corrected chi connectivity index (χ3v) is 9.10. The molecular formula is C30H33FN4O6S. The lowest BCUT2D eigenvalue weighted by Crippen LogP contribution is -2.53. The Morgan fingerprint density at radius 2 is 1.62 bits per heavy atom. The predicted octanol–water partition coefficient (Wildman–Crippen LogP) is 4.80. The highest BCUT2D eigenvalue weighted by atomic mass is 32.2. The van der Waals surface area contributed by atoms with E-state index in [0.717, 1.165) is 42.1 Å². The Balaban J connectivity index is 1.71. The van der Waals surface area contributed by atoms with Crippen LogP contribution >= 0.6 is 0 Å². The second kappa shape index (κ2) is 13.6. The van der Waals surface area contributed by atoms with Gasteiger partial charge in [0, 0.05) is 24.7 Å². The van der Waals surface area contributed by atoms with E-state index in [0.29, 0.717) is 5.56 Å². The summed E-state index contributed by atoms with van der Waals surface area (Å²) in [6, 6.07) is 17.0. The van der Waals surface area contributed by atoms with E-state index >= 15 is 0 Å². The van der Waals surface area contributed by atoms with Crippen molar-refractivity contribution < 1.29 is 27.3 Å². The lowest BCUT2D eigenvalue weighted by atomic mass is 10.1. The van der Waals surface area contributed by atoms with E-state index < -0.39 is 39.3 Å². The fourth-order valence-corrected chi connectivity index (χ4v) is 6.50. The molecule has 1 aliphatic rings. The van der Waals surface area contributed by atoms with E-state index in [4.69, 9.17) is 0 Å². The summed E-state index contributed by atoms with van der Waals surface area (Å²) in [6.45, 7) is 1.03. The summed E-state index contributed by atoms with van der Waals surface area (Å²) < 4.78 is 42.1. The molecule has 1 atom stereocenters. The van der Waals surface area contributed by atoms with Crippen LogP contribution in [0.25, 0.3) is 0 Å². The fourth-order valence-electron chi connectivity index (χ4n) is 5.06. The molecule has 12 heteroatoms. The quantitative estimate of drug-likeness (QED) is 0.236. The van der Waals surface area contributed by atoms with Gasteiger partial charge in [-0.1, -0.05) is 50.1 Å². The van der Waals surface area contributed by atoms with Crippen LogP contribution in [0.4, 0.5) is 15.8 Å². The molecule has 1 aliphatic carbocycles. The molecule has 42 heavy (non-hydrogen) atoms. The highest BCUT2D eigenvalue weighted by molar-refractivity contribution is 7.92. The van der Waals surface area contributed by atoms with Gasteiger partial charge in [-0.25, -0.2) is 12.8 Å². The fraction of sp³-hybridized carbons (Fsp3) is 0.333. The van der Waals surface area contributed by atoms with E-state index in [1.807, 2.05) is 0 Å². The van der Waals surface area contributed by atoms with E-state index in [-0.39, 0.29) is 41.2 Å². The topological polar surface area (TPSA) is 130 Å². The van der Waals surface area contributed by atoms with E-state index in [2.05, 4.69) is 5.32 Å². The Morgan fingerprint density at radius 3 is 2.19 bits per heavy atom. The maximum Gasteiger partial charge on any atom is 0.269 e. The molecule has 0 aromatic heterocycles. The van der Waals surface area contributed by atoms with Gasteiger partial charge in [-0.2, -0.15) is 0 Å². The molecular weight excluding hydrogens is 563 g/mol. The summed E-state index contributed by atoms with van der Waals surface area (Å²) in [5, 5.41) is 14.2. The first-order chi connectivity index (χ1) is 20.1. The third kappa shape index (κ3) is 7.30. The maximum atomic E-state index is 14.1. The normalized spacial score (nSPS) is 14.2. The number of sulfonamides is 1. The second-order valence-electron chi connectivity index (χ2n) is 10.2. The molecule has 0 radical (unpaired) electrons. The standard InChI is InChI=1S/C30H33FN4O6S/c1-2-28(30(37)32-24-8-6-7-9-24)33(20-22-12-14-23(31)15-13-22)29(36)21-34(25-16-18-26(19-17-25)35(38)39)42(40,41)27-10-4-3-5-11-27/h3-5,10-19,24,28H,2,6-9,20-21H2,1H3,(H,32,37)/t28-/m0/s1. The molecule has 0 bridgehead atoms. The average Bonchev–Trinajstić information content (AvgIpc) is 3.50. The Morgan fingerprint density at radius 1 is 1.00 bits per heavy atom. The van der Waals surface area contributed by atoms with Crippen LogP contribution in [0.1, 0.15) is 44.6 Å². The number of nitrogens with zero attached hydrogens (tertiary/aromatic N) is 3. The number of anilines is 1. The number of halogens is 1. The monoisotopic (exact) mass is 596 g/mol. The van der Waals surface area contributed by atoms with Crippen molar-refractivity contribution in [2.45, 2.75) is 62.6 Å². The van der Waals surface area contributed by atoms with Crippen molar-refractivity contribution in [1.82, 2.24) is 10.2 Å². The van der Waals surface area contributed by atoms with Crippen molar-refractivity contribution in [2.24, 2.45) is 0 Å². The van der Waals surface area contributed by atoms with E-state index in [1.54, 1.807) is 25.1 Å². The van der Waals surface area contributed by atoms with Crippen LogP contribution in [0.2, 0.25) is 0 Å². The van der Waals surface area contributed by atoms with Gasteiger partial charge in [0.25, 0.3) is 15.7 Å². The summed E-state index contributed by atoms with van der Waals surface area (Å²) >= 11 is 0. The second-order valence-corrected chi connectivity index (χ2v) is 12.0. The molecule has 222 valence electrons. The number of hydrogen-bond donors (Lipinski definition) is 1. The molecule has 3 aromatic carbocycles. The van der Waals surface area contributed by atoms with Crippen LogP contribution in [0.3, 0.4) is 0 Å². The van der Waals surface area contributed by atoms with Crippen molar-refractivity contribution >= 4 is 33.2 Å². The molecule has 0 spiro atoms. The molecule has 4 rings (SSSR count). The van der Waals surface area contributed by atoms with Gasteiger partial charge < -0.3 is 10.2 Å². The maximum absolute atomic E-state index is 14.1. The number of non-ortho nitro benzene ring substituents is 1. The van der Waals surface area contributed by atoms with Crippen LogP contribution in [0.5, 0.6) is 0 Å². The van der Waals surface area contributed by atoms with Gasteiger partial charge in [0.1, 0.15) is 18.4 Å². The Labute approximate surface area is 244 Å². The van der Waals surface area contributed by atoms with Gasteiger partial charge >= 0.3 is 0 Å². The highest BCUT2D eigenvalue weighted by Crippen LogP contribution is 2.27. The van der Waals surface area contributed by atoms with Gasteiger partial charge in [0.15, 0.2) is 0 Å². The number of amides is 2. The van der Waals surface area contributed by atoms with Crippen molar-refractivity contribution in [1.29, 1.82) is 0 Å². The number of nitro benzene ring substituents is 1. The van der Waals surface area contributed by atoms with E-state index in [9.17, 15) is 32.5 Å². The zero-order valence-electron chi connectivity index (χ0n) is 23.2. The summed E-state index contributed by atoms with van der Waals surface area (Å²) in [5.74, 6) is -1.46. The molecule has 10 nitrogen and oxygen atoms in total. The van der Waals surface area contributed by atoms with Gasteiger partial charge in [-0.3, -0.25) is 24.0 Å². The summed E-state index contributed by atoms with van der Waals surface area (Å²) in [5.41, 5.74) is 0.363. The van der Waals surface area contributed by atoms with Gasteiger partial charge in [-0.05, 0) is 61.2 Å². The van der Waals surface area contributed by atoms with Crippen LogP contribution in [0.15, 0.2) is 83.8 Å². The average molecular weight is 597 g/mol. The predicted molar refractivity (Wildman–Crippen MR) is 155 cm³/mol.